The van der Waals surface area contributed by atoms with E-state index < -0.39 is 0 Å². The van der Waals surface area contributed by atoms with Crippen molar-refractivity contribution in [3.8, 4) is 0 Å². The van der Waals surface area contributed by atoms with Crippen molar-refractivity contribution in [3.63, 3.8) is 0 Å². The van der Waals surface area contributed by atoms with Crippen LogP contribution in [0.2, 0.25) is 0 Å². The second kappa shape index (κ2) is 4.30. The minimum atomic E-state index is -0.236. The summed E-state index contributed by atoms with van der Waals surface area (Å²) in [6.07, 6.45) is 4.64. The molecular weight excluding hydrogens is 260 g/mol. The molecule has 3 aliphatic carbocycles. The highest BCUT2D eigenvalue weighted by atomic mass is 16.7. The van der Waals surface area contributed by atoms with Gasteiger partial charge in [0.2, 0.25) is 0 Å². The monoisotopic (exact) mass is 276 g/mol. The standard InChI is InChI=1S/C19H16O2/c1-2-6-12(7-3-1)19-20-17-15-10-11-16(18(17)21-19)14-9-5-4-8-13(14)15/h1-11,15-19H. The summed E-state index contributed by atoms with van der Waals surface area (Å²) in [5.41, 5.74) is 3.92. The second-order valence-electron chi connectivity index (χ2n) is 6.01. The normalized spacial score (nSPS) is 35.5. The zero-order chi connectivity index (χ0) is 13.8. The zero-order valence-electron chi connectivity index (χ0n) is 11.6. The summed E-state index contributed by atoms with van der Waals surface area (Å²) in [4.78, 5) is 0. The SMILES string of the molecule is C1=CC2c3ccccc3C1C1OC(c3ccccc3)OC21. The van der Waals surface area contributed by atoms with E-state index in [9.17, 15) is 0 Å². The van der Waals surface area contributed by atoms with Gasteiger partial charge in [0.05, 0.1) is 12.2 Å². The fourth-order valence-corrected chi connectivity index (χ4v) is 3.96. The van der Waals surface area contributed by atoms with Crippen LogP contribution in [0.1, 0.15) is 34.8 Å². The predicted octanol–water partition coefficient (Wildman–Crippen LogP) is 3.92. The Bertz CT molecular complexity index is 666. The molecule has 0 saturated carbocycles. The maximum Gasteiger partial charge on any atom is 0.184 e. The van der Waals surface area contributed by atoms with E-state index in [1.807, 2.05) is 18.2 Å². The molecule has 1 aliphatic heterocycles. The molecule has 2 aromatic rings. The van der Waals surface area contributed by atoms with Crippen molar-refractivity contribution in [2.45, 2.75) is 30.3 Å². The van der Waals surface area contributed by atoms with Gasteiger partial charge in [-0.1, -0.05) is 66.7 Å². The van der Waals surface area contributed by atoms with Crippen LogP contribution in [0.4, 0.5) is 0 Å². The van der Waals surface area contributed by atoms with Crippen LogP contribution >= 0.6 is 0 Å². The lowest BCUT2D eigenvalue weighted by Crippen LogP contribution is -2.41. The number of hydrogen-bond donors (Lipinski definition) is 0. The number of ether oxygens (including phenoxy) is 2. The van der Waals surface area contributed by atoms with Crippen LogP contribution in [0.5, 0.6) is 0 Å². The molecule has 2 nitrogen and oxygen atoms in total. The molecule has 1 heterocycles. The molecule has 4 atom stereocenters. The van der Waals surface area contributed by atoms with Gasteiger partial charge in [-0.05, 0) is 11.1 Å². The number of hydrogen-bond acceptors (Lipinski definition) is 2. The highest BCUT2D eigenvalue weighted by Gasteiger charge is 2.51. The zero-order valence-corrected chi connectivity index (χ0v) is 11.6. The third-order valence-corrected chi connectivity index (χ3v) is 4.90. The molecule has 0 spiro atoms. The molecule has 1 saturated heterocycles. The first kappa shape index (κ1) is 11.7. The third-order valence-electron chi connectivity index (χ3n) is 4.90. The van der Waals surface area contributed by atoms with Crippen LogP contribution in [0, 0.1) is 0 Å². The van der Waals surface area contributed by atoms with Crippen LogP contribution in [-0.4, -0.2) is 12.2 Å². The van der Waals surface area contributed by atoms with Gasteiger partial charge in [0.1, 0.15) is 0 Å². The van der Waals surface area contributed by atoms with Crippen LogP contribution in [0.3, 0.4) is 0 Å². The minimum absolute atomic E-state index is 0.139. The highest BCUT2D eigenvalue weighted by Crippen LogP contribution is 2.52. The Kier molecular flexibility index (Phi) is 2.40. The van der Waals surface area contributed by atoms with Gasteiger partial charge in [-0.25, -0.2) is 0 Å². The molecule has 2 bridgehead atoms. The Morgan fingerprint density at radius 1 is 0.619 bits per heavy atom. The molecule has 4 aliphatic rings. The van der Waals surface area contributed by atoms with Crippen molar-refractivity contribution in [2.75, 3.05) is 0 Å². The molecule has 1 fully saturated rings. The van der Waals surface area contributed by atoms with Gasteiger partial charge in [-0.2, -0.15) is 0 Å². The van der Waals surface area contributed by atoms with Crippen LogP contribution in [-0.2, 0) is 9.47 Å². The van der Waals surface area contributed by atoms with Gasteiger partial charge >= 0.3 is 0 Å². The molecule has 0 amide bonds. The third kappa shape index (κ3) is 1.60. The van der Waals surface area contributed by atoms with Crippen LogP contribution in [0.25, 0.3) is 0 Å². The van der Waals surface area contributed by atoms with Crippen molar-refractivity contribution in [1.29, 1.82) is 0 Å². The van der Waals surface area contributed by atoms with Crippen molar-refractivity contribution >= 4 is 0 Å². The molecule has 6 rings (SSSR count). The summed E-state index contributed by atoms with van der Waals surface area (Å²) in [7, 11) is 0. The summed E-state index contributed by atoms with van der Waals surface area (Å²) in [5, 5.41) is 0. The van der Waals surface area contributed by atoms with E-state index in [1.54, 1.807) is 0 Å². The topological polar surface area (TPSA) is 18.5 Å². The molecule has 0 aromatic heterocycles. The first-order valence-corrected chi connectivity index (χ1v) is 7.55. The van der Waals surface area contributed by atoms with E-state index in [0.717, 1.165) is 5.56 Å². The number of rotatable bonds is 1. The summed E-state index contributed by atoms with van der Waals surface area (Å²) in [5.74, 6) is 0.648. The van der Waals surface area contributed by atoms with E-state index in [4.69, 9.17) is 9.47 Å². The Hall–Kier alpha value is -1.90. The average molecular weight is 276 g/mol. The Morgan fingerprint density at radius 2 is 1.14 bits per heavy atom. The highest BCUT2D eigenvalue weighted by molar-refractivity contribution is 5.47. The van der Waals surface area contributed by atoms with Crippen molar-refractivity contribution < 1.29 is 9.47 Å². The first-order chi connectivity index (χ1) is 10.4. The summed E-state index contributed by atoms with van der Waals surface area (Å²) in [6, 6.07) is 18.9. The van der Waals surface area contributed by atoms with Gasteiger partial charge < -0.3 is 9.47 Å². The summed E-state index contributed by atoms with van der Waals surface area (Å²) in [6.45, 7) is 0. The molecule has 4 unspecified atom stereocenters. The fourth-order valence-electron chi connectivity index (χ4n) is 3.96. The van der Waals surface area contributed by atoms with Crippen molar-refractivity contribution in [3.05, 3.63) is 83.4 Å². The second-order valence-corrected chi connectivity index (χ2v) is 6.01. The number of benzene rings is 2. The lowest BCUT2D eigenvalue weighted by atomic mass is 9.68. The molecule has 2 aromatic carbocycles. The largest absolute Gasteiger partial charge is 0.341 e. The van der Waals surface area contributed by atoms with E-state index in [1.165, 1.54) is 11.1 Å². The quantitative estimate of drug-likeness (QED) is 0.735. The van der Waals surface area contributed by atoms with Crippen LogP contribution in [0.15, 0.2) is 66.7 Å². The van der Waals surface area contributed by atoms with Gasteiger partial charge in [0.15, 0.2) is 6.29 Å². The molecular formula is C19H16O2. The minimum Gasteiger partial charge on any atom is -0.341 e. The maximum absolute atomic E-state index is 6.27. The Labute approximate surface area is 124 Å². The van der Waals surface area contributed by atoms with E-state index in [2.05, 4.69) is 48.6 Å². The van der Waals surface area contributed by atoms with Crippen LogP contribution < -0.4 is 0 Å². The lowest BCUT2D eigenvalue weighted by Gasteiger charge is -2.40. The average Bonchev–Trinajstić information content (AvgIpc) is 3.03. The molecule has 104 valence electrons. The molecule has 2 heteroatoms. The van der Waals surface area contributed by atoms with E-state index >= 15 is 0 Å². The van der Waals surface area contributed by atoms with Gasteiger partial charge in [0.25, 0.3) is 0 Å². The predicted molar refractivity (Wildman–Crippen MR) is 80.0 cm³/mol. The smallest absolute Gasteiger partial charge is 0.184 e. The van der Waals surface area contributed by atoms with Gasteiger partial charge in [0, 0.05) is 17.4 Å². The first-order valence-electron chi connectivity index (χ1n) is 7.55. The lowest BCUT2D eigenvalue weighted by molar-refractivity contribution is -0.0693. The Balaban J connectivity index is 1.54. The Morgan fingerprint density at radius 3 is 1.71 bits per heavy atom. The molecule has 0 N–H and O–H groups in total. The van der Waals surface area contributed by atoms with E-state index in [-0.39, 0.29) is 18.5 Å². The molecule has 21 heavy (non-hydrogen) atoms. The summed E-state index contributed by atoms with van der Waals surface area (Å²) < 4.78 is 12.5. The molecule has 0 radical (unpaired) electrons. The fraction of sp³-hybridized carbons (Fsp3) is 0.263. The van der Waals surface area contributed by atoms with Gasteiger partial charge in [-0.3, -0.25) is 0 Å². The van der Waals surface area contributed by atoms with E-state index in [0.29, 0.717) is 11.8 Å². The van der Waals surface area contributed by atoms with Crippen molar-refractivity contribution in [2.24, 2.45) is 0 Å². The maximum atomic E-state index is 6.27. The summed E-state index contributed by atoms with van der Waals surface area (Å²) >= 11 is 0. The van der Waals surface area contributed by atoms with Crippen molar-refractivity contribution in [1.82, 2.24) is 0 Å². The van der Waals surface area contributed by atoms with Gasteiger partial charge in [-0.15, -0.1) is 0 Å².